The van der Waals surface area contributed by atoms with Crippen LogP contribution in [0.5, 0.6) is 0 Å². The molecule has 2 fully saturated rings. The summed E-state index contributed by atoms with van der Waals surface area (Å²) < 4.78 is 0. The van der Waals surface area contributed by atoms with Crippen LogP contribution >= 0.6 is 0 Å². The van der Waals surface area contributed by atoms with Crippen LogP contribution in [0.1, 0.15) is 6.42 Å². The van der Waals surface area contributed by atoms with Gasteiger partial charge < -0.3 is 0 Å². The van der Waals surface area contributed by atoms with E-state index in [1.54, 1.807) is 6.07 Å². The van der Waals surface area contributed by atoms with E-state index in [9.17, 15) is 19.7 Å². The van der Waals surface area contributed by atoms with E-state index in [2.05, 4.69) is 0 Å². The molecule has 106 valence electrons. The molecule has 1 aliphatic heterocycles. The second kappa shape index (κ2) is 4.00. The number of carbonyl (C=O) groups is 2. The van der Waals surface area contributed by atoms with Crippen LogP contribution in [0.25, 0.3) is 0 Å². The highest BCUT2D eigenvalue weighted by Crippen LogP contribution is 2.53. The summed E-state index contributed by atoms with van der Waals surface area (Å²) in [5, 5.41) is 10.8. The molecular formula is C15H12N2O4. The van der Waals surface area contributed by atoms with Gasteiger partial charge in [-0.2, -0.15) is 0 Å². The second-order valence-corrected chi connectivity index (χ2v) is 5.79. The summed E-state index contributed by atoms with van der Waals surface area (Å²) in [6, 6.07) is 5.70. The van der Waals surface area contributed by atoms with E-state index in [-0.39, 0.29) is 41.2 Å². The highest BCUT2D eigenvalue weighted by Gasteiger charge is 2.59. The molecule has 21 heavy (non-hydrogen) atoms. The highest BCUT2D eigenvalue weighted by molar-refractivity contribution is 6.22. The van der Waals surface area contributed by atoms with Crippen molar-refractivity contribution in [3.8, 4) is 0 Å². The lowest BCUT2D eigenvalue weighted by Gasteiger charge is -2.16. The Morgan fingerprint density at radius 3 is 2.29 bits per heavy atom. The number of hydrogen-bond acceptors (Lipinski definition) is 4. The molecule has 3 aliphatic rings. The van der Waals surface area contributed by atoms with Gasteiger partial charge in [-0.1, -0.05) is 18.2 Å². The first kappa shape index (κ1) is 12.3. The van der Waals surface area contributed by atoms with Crippen molar-refractivity contribution in [1.29, 1.82) is 0 Å². The Bertz CT molecular complexity index is 681. The minimum Gasteiger partial charge on any atom is -0.274 e. The van der Waals surface area contributed by atoms with Gasteiger partial charge in [0.25, 0.3) is 5.69 Å². The van der Waals surface area contributed by atoms with Gasteiger partial charge in [0, 0.05) is 12.1 Å². The molecule has 1 aromatic carbocycles. The fourth-order valence-electron chi connectivity index (χ4n) is 3.90. The first-order valence-electron chi connectivity index (χ1n) is 6.88. The monoisotopic (exact) mass is 284 g/mol. The number of carbonyl (C=O) groups excluding carboxylic acids is 2. The number of benzene rings is 1. The smallest absolute Gasteiger partial charge is 0.271 e. The fraction of sp³-hybridized carbons (Fsp3) is 0.333. The summed E-state index contributed by atoms with van der Waals surface area (Å²) >= 11 is 0. The van der Waals surface area contributed by atoms with E-state index < -0.39 is 4.92 Å². The van der Waals surface area contributed by atoms with Gasteiger partial charge in [0.2, 0.25) is 11.8 Å². The van der Waals surface area contributed by atoms with Gasteiger partial charge in [0.15, 0.2) is 0 Å². The topological polar surface area (TPSA) is 80.5 Å². The van der Waals surface area contributed by atoms with E-state index >= 15 is 0 Å². The molecule has 0 spiro atoms. The Hall–Kier alpha value is -2.50. The summed E-state index contributed by atoms with van der Waals surface area (Å²) in [4.78, 5) is 36.6. The molecule has 0 unspecified atom stereocenters. The zero-order valence-corrected chi connectivity index (χ0v) is 11.0. The van der Waals surface area contributed by atoms with Gasteiger partial charge in [-0.25, -0.2) is 4.90 Å². The summed E-state index contributed by atoms with van der Waals surface area (Å²) in [6.45, 7) is 0. The van der Waals surface area contributed by atoms with Crippen molar-refractivity contribution in [3.05, 3.63) is 46.5 Å². The van der Waals surface area contributed by atoms with Crippen LogP contribution in [0.3, 0.4) is 0 Å². The Labute approximate surface area is 120 Å². The molecule has 1 saturated carbocycles. The van der Waals surface area contributed by atoms with E-state index in [1.165, 1.54) is 18.2 Å². The Kier molecular flexibility index (Phi) is 2.34. The number of nitro benzene ring substituents is 1. The van der Waals surface area contributed by atoms with Gasteiger partial charge in [0.1, 0.15) is 0 Å². The van der Waals surface area contributed by atoms with Crippen LogP contribution in [0.15, 0.2) is 36.4 Å². The molecule has 6 heteroatoms. The number of rotatable bonds is 2. The third kappa shape index (κ3) is 1.53. The molecule has 0 N–H and O–H groups in total. The largest absolute Gasteiger partial charge is 0.274 e. The predicted octanol–water partition coefficient (Wildman–Crippen LogP) is 1.91. The summed E-state index contributed by atoms with van der Waals surface area (Å²) in [5.74, 6) is -0.733. The molecule has 6 nitrogen and oxygen atoms in total. The summed E-state index contributed by atoms with van der Waals surface area (Å²) in [7, 11) is 0. The maximum absolute atomic E-state index is 12.6. The van der Waals surface area contributed by atoms with Gasteiger partial charge in [-0.15, -0.1) is 0 Å². The van der Waals surface area contributed by atoms with Crippen molar-refractivity contribution >= 4 is 23.2 Å². The quantitative estimate of drug-likeness (QED) is 0.359. The Morgan fingerprint density at radius 1 is 1.10 bits per heavy atom. The number of hydrogen-bond donors (Lipinski definition) is 0. The van der Waals surface area contributed by atoms with E-state index in [0.29, 0.717) is 5.69 Å². The first-order valence-corrected chi connectivity index (χ1v) is 6.88. The Morgan fingerprint density at radius 2 is 1.71 bits per heavy atom. The summed E-state index contributed by atoms with van der Waals surface area (Å²) in [5.41, 5.74) is 0.180. The lowest BCUT2D eigenvalue weighted by molar-refractivity contribution is -0.384. The molecule has 2 bridgehead atoms. The predicted molar refractivity (Wildman–Crippen MR) is 73.3 cm³/mol. The van der Waals surface area contributed by atoms with Crippen molar-refractivity contribution in [1.82, 2.24) is 0 Å². The van der Waals surface area contributed by atoms with Crippen molar-refractivity contribution in [2.75, 3.05) is 4.90 Å². The molecule has 1 heterocycles. The average Bonchev–Trinajstić information content (AvgIpc) is 3.13. The number of anilines is 1. The minimum atomic E-state index is -0.527. The maximum Gasteiger partial charge on any atom is 0.271 e. The van der Waals surface area contributed by atoms with E-state index in [1.807, 2.05) is 12.2 Å². The van der Waals surface area contributed by atoms with E-state index in [4.69, 9.17) is 0 Å². The second-order valence-electron chi connectivity index (χ2n) is 5.79. The fourth-order valence-corrected chi connectivity index (χ4v) is 3.90. The lowest BCUT2D eigenvalue weighted by Crippen LogP contribution is -2.32. The molecule has 2 amide bonds. The third-order valence-electron chi connectivity index (χ3n) is 4.77. The molecule has 4 atom stereocenters. The first-order chi connectivity index (χ1) is 10.1. The molecule has 2 aliphatic carbocycles. The van der Waals surface area contributed by atoms with Crippen LogP contribution in [0.2, 0.25) is 0 Å². The Balaban J connectivity index is 1.74. The molecule has 1 saturated heterocycles. The third-order valence-corrected chi connectivity index (χ3v) is 4.77. The minimum absolute atomic E-state index is 0.119. The van der Waals surface area contributed by atoms with Crippen LogP contribution in [-0.4, -0.2) is 16.7 Å². The number of nitro groups is 1. The molecule has 0 aromatic heterocycles. The SMILES string of the molecule is O=C1[C@@H]2[C@H](C(=O)N1c1cccc([N+](=O)[O-])c1)[C@@H]1C=C[C@@H]2C1. The number of amides is 2. The van der Waals surface area contributed by atoms with Crippen LogP contribution in [0.4, 0.5) is 11.4 Å². The number of nitrogens with zero attached hydrogens (tertiary/aromatic N) is 2. The van der Waals surface area contributed by atoms with Crippen molar-refractivity contribution in [2.24, 2.45) is 23.7 Å². The maximum atomic E-state index is 12.6. The number of imide groups is 1. The summed E-state index contributed by atoms with van der Waals surface area (Å²) in [6.07, 6.45) is 4.91. The van der Waals surface area contributed by atoms with Crippen molar-refractivity contribution in [3.63, 3.8) is 0 Å². The number of fused-ring (bicyclic) bond motifs is 5. The van der Waals surface area contributed by atoms with Crippen LogP contribution < -0.4 is 4.90 Å². The standard InChI is InChI=1S/C15H12N2O4/c18-14-12-8-4-5-9(6-8)13(12)15(19)16(14)10-2-1-3-11(7-10)17(20)21/h1-5,7-9,12-13H,6H2/t8-,9-,12-,13+/m1/s1. The zero-order valence-electron chi connectivity index (χ0n) is 11.0. The van der Waals surface area contributed by atoms with Gasteiger partial charge in [-0.05, 0) is 24.3 Å². The van der Waals surface area contributed by atoms with Gasteiger partial charge in [0.05, 0.1) is 22.4 Å². The normalized spacial score (nSPS) is 32.9. The number of allylic oxidation sites excluding steroid dienone is 2. The van der Waals surface area contributed by atoms with Crippen molar-refractivity contribution in [2.45, 2.75) is 6.42 Å². The zero-order chi connectivity index (χ0) is 14.7. The van der Waals surface area contributed by atoms with Crippen LogP contribution in [-0.2, 0) is 9.59 Å². The number of non-ortho nitro benzene ring substituents is 1. The molecule has 4 rings (SSSR count). The molecular weight excluding hydrogens is 272 g/mol. The average molecular weight is 284 g/mol. The van der Waals surface area contributed by atoms with E-state index in [0.717, 1.165) is 11.3 Å². The molecule has 1 aromatic rings. The van der Waals surface area contributed by atoms with Gasteiger partial charge in [-0.3, -0.25) is 19.7 Å². The van der Waals surface area contributed by atoms with Crippen LogP contribution in [0, 0.1) is 33.8 Å². The highest BCUT2D eigenvalue weighted by atomic mass is 16.6. The lowest BCUT2D eigenvalue weighted by atomic mass is 9.85. The van der Waals surface area contributed by atoms with Gasteiger partial charge >= 0.3 is 0 Å². The molecule has 0 radical (unpaired) electrons. The van der Waals surface area contributed by atoms with Crippen molar-refractivity contribution < 1.29 is 14.5 Å².